The van der Waals surface area contributed by atoms with Gasteiger partial charge in [0.15, 0.2) is 6.29 Å². The molecule has 0 spiro atoms. The minimum absolute atomic E-state index is 0.189. The number of hydrogen-bond acceptors (Lipinski definition) is 5. The van der Waals surface area contributed by atoms with Crippen LogP contribution in [0.1, 0.15) is 85.0 Å². The smallest absolute Gasteiger partial charge is 0.417 e. The van der Waals surface area contributed by atoms with E-state index in [-0.39, 0.29) is 30.8 Å². The van der Waals surface area contributed by atoms with Gasteiger partial charge in [0.05, 0.1) is 18.6 Å². The van der Waals surface area contributed by atoms with Crippen LogP contribution >= 0.6 is 0 Å². The minimum atomic E-state index is -0.627. The summed E-state index contributed by atoms with van der Waals surface area (Å²) in [6.07, 6.45) is 9.01. The molecule has 1 saturated carbocycles. The van der Waals surface area contributed by atoms with Crippen LogP contribution in [0.5, 0.6) is 0 Å². The molecular weight excluding hydrogens is 346 g/mol. The topological polar surface area (TPSA) is 65.1 Å². The van der Waals surface area contributed by atoms with Crippen molar-refractivity contribution in [1.82, 2.24) is 4.90 Å². The van der Waals surface area contributed by atoms with Crippen molar-refractivity contribution in [2.45, 2.75) is 109 Å². The van der Waals surface area contributed by atoms with Crippen LogP contribution in [-0.2, 0) is 19.0 Å². The maximum atomic E-state index is 12.8. The van der Waals surface area contributed by atoms with E-state index in [9.17, 15) is 9.59 Å². The first-order valence-electron chi connectivity index (χ1n) is 10.7. The molecule has 3 unspecified atom stereocenters. The average molecular weight is 382 g/mol. The number of imide groups is 1. The summed E-state index contributed by atoms with van der Waals surface area (Å²) in [5.74, 6) is 0.351. The highest BCUT2D eigenvalue weighted by Crippen LogP contribution is 2.35. The number of amides is 2. The number of hydrogen-bond donors (Lipinski definition) is 0. The van der Waals surface area contributed by atoms with Crippen LogP contribution in [0.2, 0.25) is 0 Å². The normalized spacial score (nSPS) is 30.6. The fraction of sp³-hybridized carbons (Fsp3) is 0.905. The monoisotopic (exact) mass is 381 g/mol. The molecule has 2 heterocycles. The first kappa shape index (κ1) is 20.6. The second-order valence-corrected chi connectivity index (χ2v) is 9.23. The van der Waals surface area contributed by atoms with E-state index in [2.05, 4.69) is 0 Å². The highest BCUT2D eigenvalue weighted by molar-refractivity contribution is 5.94. The third-order valence-corrected chi connectivity index (χ3v) is 5.76. The standard InChI is InChI=1S/C21H35NO5/c1-21(2,3)27-20(24)22-16(13-15-9-5-4-6-10-15)17(14-18(22)23)26-19-11-7-8-12-25-19/h15-17,19H,4-14H2,1-3H3. The van der Waals surface area contributed by atoms with Crippen molar-refractivity contribution in [3.63, 3.8) is 0 Å². The van der Waals surface area contributed by atoms with Crippen molar-refractivity contribution in [2.24, 2.45) is 5.92 Å². The van der Waals surface area contributed by atoms with Crippen molar-refractivity contribution in [2.75, 3.05) is 6.61 Å². The number of carbonyl (C=O) groups excluding carboxylic acids is 2. The molecule has 2 amide bonds. The maximum Gasteiger partial charge on any atom is 0.417 e. The zero-order chi connectivity index (χ0) is 19.4. The van der Waals surface area contributed by atoms with Crippen LogP contribution in [0.3, 0.4) is 0 Å². The van der Waals surface area contributed by atoms with E-state index in [0.717, 1.165) is 25.7 Å². The molecule has 2 saturated heterocycles. The lowest BCUT2D eigenvalue weighted by Crippen LogP contribution is -2.46. The van der Waals surface area contributed by atoms with E-state index < -0.39 is 11.7 Å². The van der Waals surface area contributed by atoms with Crippen LogP contribution in [0.4, 0.5) is 4.79 Å². The fourth-order valence-corrected chi connectivity index (χ4v) is 4.48. The van der Waals surface area contributed by atoms with Gasteiger partial charge in [-0.1, -0.05) is 32.1 Å². The van der Waals surface area contributed by atoms with Gasteiger partial charge < -0.3 is 14.2 Å². The van der Waals surface area contributed by atoms with Crippen LogP contribution < -0.4 is 0 Å². The Bertz CT molecular complexity index is 517. The summed E-state index contributed by atoms with van der Waals surface area (Å²) >= 11 is 0. The Hall–Kier alpha value is -1.14. The second kappa shape index (κ2) is 8.91. The molecule has 2 aliphatic heterocycles. The number of carbonyl (C=O) groups is 2. The summed E-state index contributed by atoms with van der Waals surface area (Å²) in [5.41, 5.74) is -0.627. The molecule has 0 aromatic carbocycles. The zero-order valence-electron chi connectivity index (χ0n) is 17.1. The molecule has 3 rings (SSSR count). The molecule has 0 aromatic heterocycles. The number of nitrogens with zero attached hydrogens (tertiary/aromatic N) is 1. The molecule has 1 aliphatic carbocycles. The third-order valence-electron chi connectivity index (χ3n) is 5.76. The molecular formula is C21H35NO5. The van der Waals surface area contributed by atoms with Crippen molar-refractivity contribution in [3.8, 4) is 0 Å². The molecule has 6 heteroatoms. The maximum absolute atomic E-state index is 12.8. The molecule has 6 nitrogen and oxygen atoms in total. The van der Waals surface area contributed by atoms with Crippen LogP contribution in [0.25, 0.3) is 0 Å². The van der Waals surface area contributed by atoms with Gasteiger partial charge in [-0.3, -0.25) is 4.79 Å². The van der Waals surface area contributed by atoms with Gasteiger partial charge in [0.25, 0.3) is 0 Å². The van der Waals surface area contributed by atoms with Crippen molar-refractivity contribution >= 4 is 12.0 Å². The molecule has 3 aliphatic rings. The largest absolute Gasteiger partial charge is 0.443 e. The van der Waals surface area contributed by atoms with Gasteiger partial charge in [-0.2, -0.15) is 0 Å². The molecule has 0 aromatic rings. The lowest BCUT2D eigenvalue weighted by atomic mass is 9.84. The van der Waals surface area contributed by atoms with E-state index >= 15 is 0 Å². The Morgan fingerprint density at radius 1 is 1.11 bits per heavy atom. The minimum Gasteiger partial charge on any atom is -0.443 e. The zero-order valence-corrected chi connectivity index (χ0v) is 17.1. The van der Waals surface area contributed by atoms with E-state index in [1.165, 1.54) is 37.0 Å². The lowest BCUT2D eigenvalue weighted by molar-refractivity contribution is -0.192. The molecule has 27 heavy (non-hydrogen) atoms. The molecule has 0 radical (unpaired) electrons. The van der Waals surface area contributed by atoms with Crippen molar-refractivity contribution < 1.29 is 23.8 Å². The molecule has 0 N–H and O–H groups in total. The number of likely N-dealkylation sites (tertiary alicyclic amines) is 1. The first-order chi connectivity index (χ1) is 12.8. The molecule has 154 valence electrons. The summed E-state index contributed by atoms with van der Waals surface area (Å²) < 4.78 is 17.4. The van der Waals surface area contributed by atoms with Gasteiger partial charge in [0.2, 0.25) is 5.91 Å². The predicted molar refractivity (Wildman–Crippen MR) is 101 cm³/mol. The first-order valence-corrected chi connectivity index (χ1v) is 10.7. The van der Waals surface area contributed by atoms with Gasteiger partial charge in [-0.05, 0) is 52.4 Å². The summed E-state index contributed by atoms with van der Waals surface area (Å²) in [4.78, 5) is 26.8. The number of rotatable bonds is 4. The molecule has 3 fully saturated rings. The highest BCUT2D eigenvalue weighted by atomic mass is 16.7. The van der Waals surface area contributed by atoms with Crippen molar-refractivity contribution in [3.05, 3.63) is 0 Å². The van der Waals surface area contributed by atoms with Gasteiger partial charge in [-0.25, -0.2) is 9.69 Å². The second-order valence-electron chi connectivity index (χ2n) is 9.23. The van der Waals surface area contributed by atoms with E-state index in [0.29, 0.717) is 12.5 Å². The van der Waals surface area contributed by atoms with Crippen LogP contribution in [0, 0.1) is 5.92 Å². The van der Waals surface area contributed by atoms with Crippen molar-refractivity contribution in [1.29, 1.82) is 0 Å². The third kappa shape index (κ3) is 5.67. The highest BCUT2D eigenvalue weighted by Gasteiger charge is 2.47. The van der Waals surface area contributed by atoms with Gasteiger partial charge >= 0.3 is 6.09 Å². The van der Waals surface area contributed by atoms with Crippen LogP contribution in [0.15, 0.2) is 0 Å². The lowest BCUT2D eigenvalue weighted by Gasteiger charge is -2.34. The fourth-order valence-electron chi connectivity index (χ4n) is 4.48. The average Bonchev–Trinajstić information content (AvgIpc) is 2.90. The van der Waals surface area contributed by atoms with Gasteiger partial charge in [0, 0.05) is 6.61 Å². The predicted octanol–water partition coefficient (Wildman–Crippen LogP) is 4.40. The summed E-state index contributed by atoms with van der Waals surface area (Å²) in [5, 5.41) is 0. The van der Waals surface area contributed by atoms with E-state index in [4.69, 9.17) is 14.2 Å². The Balaban J connectivity index is 1.72. The van der Waals surface area contributed by atoms with E-state index in [1.54, 1.807) is 0 Å². The Labute approximate surface area is 162 Å². The SMILES string of the molecule is CC(C)(C)OC(=O)N1C(=O)CC(OC2CCCCO2)C1CC1CCCCC1. The summed E-state index contributed by atoms with van der Waals surface area (Å²) in [6.45, 7) is 6.18. The molecule has 3 atom stereocenters. The molecule has 0 bridgehead atoms. The van der Waals surface area contributed by atoms with Gasteiger partial charge in [0.1, 0.15) is 5.60 Å². The Morgan fingerprint density at radius 2 is 1.81 bits per heavy atom. The number of ether oxygens (including phenoxy) is 3. The van der Waals surface area contributed by atoms with E-state index in [1.807, 2.05) is 20.8 Å². The Morgan fingerprint density at radius 3 is 2.44 bits per heavy atom. The summed E-state index contributed by atoms with van der Waals surface area (Å²) in [6, 6.07) is -0.249. The summed E-state index contributed by atoms with van der Waals surface area (Å²) in [7, 11) is 0. The van der Waals surface area contributed by atoms with Crippen LogP contribution in [-0.4, -0.2) is 47.5 Å². The van der Waals surface area contributed by atoms with Gasteiger partial charge in [-0.15, -0.1) is 0 Å². The Kier molecular flexibility index (Phi) is 6.79. The quantitative estimate of drug-likeness (QED) is 0.722.